The Morgan fingerprint density at radius 2 is 1.84 bits per heavy atom. The molecule has 0 radical (unpaired) electrons. The molecule has 1 fully saturated rings. The van der Waals surface area contributed by atoms with Crippen molar-refractivity contribution in [1.82, 2.24) is 9.88 Å². The first-order valence-corrected chi connectivity index (χ1v) is 7.97. The SMILES string of the molecule is CCc1nc(N2CCN(CC)CC2)sc1C(C)(C)O. The Labute approximate surface area is 120 Å². The van der Waals surface area contributed by atoms with Crippen LogP contribution in [0.1, 0.15) is 38.3 Å². The summed E-state index contributed by atoms with van der Waals surface area (Å²) in [5.41, 5.74) is 0.261. The zero-order valence-electron chi connectivity index (χ0n) is 12.4. The minimum absolute atomic E-state index is 0.785. The van der Waals surface area contributed by atoms with Gasteiger partial charge >= 0.3 is 0 Å². The minimum Gasteiger partial charge on any atom is -0.385 e. The summed E-state index contributed by atoms with van der Waals surface area (Å²) in [6, 6.07) is 0. The lowest BCUT2D eigenvalue weighted by molar-refractivity contribution is 0.0814. The molecule has 19 heavy (non-hydrogen) atoms. The van der Waals surface area contributed by atoms with Gasteiger partial charge in [0.05, 0.1) is 16.2 Å². The smallest absolute Gasteiger partial charge is 0.185 e. The lowest BCUT2D eigenvalue weighted by Gasteiger charge is -2.33. The summed E-state index contributed by atoms with van der Waals surface area (Å²) < 4.78 is 0. The molecule has 1 saturated heterocycles. The third-order valence-electron chi connectivity index (χ3n) is 3.67. The van der Waals surface area contributed by atoms with Crippen molar-refractivity contribution in [3.05, 3.63) is 10.6 Å². The quantitative estimate of drug-likeness (QED) is 0.918. The molecule has 4 nitrogen and oxygen atoms in total. The number of rotatable bonds is 4. The van der Waals surface area contributed by atoms with Gasteiger partial charge in [0.15, 0.2) is 5.13 Å². The molecule has 1 aromatic rings. The highest BCUT2D eigenvalue weighted by Gasteiger charge is 2.26. The summed E-state index contributed by atoms with van der Waals surface area (Å²) in [5.74, 6) is 0. The number of aryl methyl sites for hydroxylation is 1. The number of likely N-dealkylation sites (N-methyl/N-ethyl adjacent to an activating group) is 1. The van der Waals surface area contributed by atoms with E-state index >= 15 is 0 Å². The van der Waals surface area contributed by atoms with Gasteiger partial charge in [-0.25, -0.2) is 4.98 Å². The highest BCUT2D eigenvalue weighted by atomic mass is 32.1. The van der Waals surface area contributed by atoms with Crippen LogP contribution in [0.3, 0.4) is 0 Å². The molecule has 1 N–H and O–H groups in total. The van der Waals surface area contributed by atoms with Crippen LogP contribution in [0, 0.1) is 0 Å². The number of aromatic nitrogens is 1. The topological polar surface area (TPSA) is 39.6 Å². The van der Waals surface area contributed by atoms with E-state index in [9.17, 15) is 5.11 Å². The molecule has 1 aliphatic rings. The van der Waals surface area contributed by atoms with Crippen molar-refractivity contribution in [2.75, 3.05) is 37.6 Å². The maximum Gasteiger partial charge on any atom is 0.185 e. The van der Waals surface area contributed by atoms with Gasteiger partial charge in [0.2, 0.25) is 0 Å². The second-order valence-electron chi connectivity index (χ2n) is 5.61. The highest BCUT2D eigenvalue weighted by molar-refractivity contribution is 7.15. The van der Waals surface area contributed by atoms with Crippen molar-refractivity contribution in [1.29, 1.82) is 0 Å². The van der Waals surface area contributed by atoms with Crippen molar-refractivity contribution in [2.24, 2.45) is 0 Å². The van der Waals surface area contributed by atoms with E-state index in [1.54, 1.807) is 11.3 Å². The van der Waals surface area contributed by atoms with Gasteiger partial charge in [-0.1, -0.05) is 25.2 Å². The molecule has 0 amide bonds. The number of thiazole rings is 1. The Morgan fingerprint density at radius 1 is 1.21 bits per heavy atom. The van der Waals surface area contributed by atoms with E-state index in [1.165, 1.54) is 0 Å². The Balaban J connectivity index is 2.16. The number of nitrogens with zero attached hydrogens (tertiary/aromatic N) is 3. The third kappa shape index (κ3) is 3.27. The van der Waals surface area contributed by atoms with E-state index in [4.69, 9.17) is 4.98 Å². The Hall–Kier alpha value is -0.650. The number of aliphatic hydroxyl groups is 1. The van der Waals surface area contributed by atoms with E-state index in [1.807, 2.05) is 13.8 Å². The highest BCUT2D eigenvalue weighted by Crippen LogP contribution is 2.34. The van der Waals surface area contributed by atoms with Crippen LogP contribution in [0.25, 0.3) is 0 Å². The van der Waals surface area contributed by atoms with E-state index in [-0.39, 0.29) is 0 Å². The first-order valence-electron chi connectivity index (χ1n) is 7.15. The van der Waals surface area contributed by atoms with Gasteiger partial charge in [-0.05, 0) is 26.8 Å². The summed E-state index contributed by atoms with van der Waals surface area (Å²) >= 11 is 1.65. The van der Waals surface area contributed by atoms with Gasteiger partial charge in [-0.2, -0.15) is 0 Å². The number of piperazine rings is 1. The molecule has 2 heterocycles. The predicted molar refractivity (Wildman–Crippen MR) is 81.1 cm³/mol. The van der Waals surface area contributed by atoms with Crippen LogP contribution in [-0.2, 0) is 12.0 Å². The van der Waals surface area contributed by atoms with Crippen LogP contribution in [0.2, 0.25) is 0 Å². The maximum atomic E-state index is 10.2. The Bertz CT molecular complexity index is 417. The fourth-order valence-electron chi connectivity index (χ4n) is 2.45. The lowest BCUT2D eigenvalue weighted by Crippen LogP contribution is -2.46. The first kappa shape index (κ1) is 14.8. The van der Waals surface area contributed by atoms with Crippen molar-refractivity contribution in [3.8, 4) is 0 Å². The molecule has 1 aliphatic heterocycles. The average molecular weight is 283 g/mol. The monoisotopic (exact) mass is 283 g/mol. The van der Waals surface area contributed by atoms with Gasteiger partial charge in [-0.3, -0.25) is 0 Å². The minimum atomic E-state index is -0.785. The number of hydrogen-bond donors (Lipinski definition) is 1. The van der Waals surface area contributed by atoms with E-state index in [0.29, 0.717) is 0 Å². The van der Waals surface area contributed by atoms with E-state index in [0.717, 1.165) is 54.8 Å². The molecular weight excluding hydrogens is 258 g/mol. The van der Waals surface area contributed by atoms with Crippen LogP contribution in [-0.4, -0.2) is 47.7 Å². The molecule has 0 bridgehead atoms. The molecule has 0 atom stereocenters. The van der Waals surface area contributed by atoms with Gasteiger partial charge in [-0.15, -0.1) is 0 Å². The normalized spacial score (nSPS) is 18.1. The largest absolute Gasteiger partial charge is 0.385 e. The molecule has 0 aromatic carbocycles. The Morgan fingerprint density at radius 3 is 2.26 bits per heavy atom. The van der Waals surface area contributed by atoms with Gasteiger partial charge in [0.25, 0.3) is 0 Å². The van der Waals surface area contributed by atoms with Crippen LogP contribution in [0.15, 0.2) is 0 Å². The maximum absolute atomic E-state index is 10.2. The van der Waals surface area contributed by atoms with Crippen LogP contribution < -0.4 is 4.90 Å². The molecule has 0 unspecified atom stereocenters. The molecule has 108 valence electrons. The summed E-state index contributed by atoms with van der Waals surface area (Å²) in [7, 11) is 0. The number of hydrogen-bond acceptors (Lipinski definition) is 5. The molecule has 0 aliphatic carbocycles. The van der Waals surface area contributed by atoms with Gasteiger partial charge < -0.3 is 14.9 Å². The molecule has 0 saturated carbocycles. The summed E-state index contributed by atoms with van der Waals surface area (Å²) in [5, 5.41) is 11.3. The van der Waals surface area contributed by atoms with Crippen LogP contribution >= 0.6 is 11.3 Å². The van der Waals surface area contributed by atoms with Crippen molar-refractivity contribution < 1.29 is 5.11 Å². The van der Waals surface area contributed by atoms with Crippen molar-refractivity contribution in [3.63, 3.8) is 0 Å². The predicted octanol–water partition coefficient (Wildman–Crippen LogP) is 2.07. The average Bonchev–Trinajstić information content (AvgIpc) is 2.83. The zero-order chi connectivity index (χ0) is 14.0. The van der Waals surface area contributed by atoms with E-state index in [2.05, 4.69) is 23.6 Å². The molecule has 1 aromatic heterocycles. The summed E-state index contributed by atoms with van der Waals surface area (Å²) in [4.78, 5) is 10.6. The third-order valence-corrected chi connectivity index (χ3v) is 5.14. The standard InChI is InChI=1S/C14H25N3OS/c1-5-11-12(14(3,4)18)19-13(15-11)17-9-7-16(6-2)8-10-17/h18H,5-10H2,1-4H3. The van der Waals surface area contributed by atoms with Crippen LogP contribution in [0.4, 0.5) is 5.13 Å². The first-order chi connectivity index (χ1) is 8.95. The zero-order valence-corrected chi connectivity index (χ0v) is 13.3. The molecular formula is C14H25N3OS. The fraction of sp³-hybridized carbons (Fsp3) is 0.786. The second kappa shape index (κ2) is 5.77. The van der Waals surface area contributed by atoms with Gasteiger partial charge in [0, 0.05) is 26.2 Å². The van der Waals surface area contributed by atoms with Crippen molar-refractivity contribution >= 4 is 16.5 Å². The van der Waals surface area contributed by atoms with Crippen LogP contribution in [0.5, 0.6) is 0 Å². The number of anilines is 1. The molecule has 0 spiro atoms. The lowest BCUT2D eigenvalue weighted by atomic mass is 10.1. The van der Waals surface area contributed by atoms with Gasteiger partial charge in [0.1, 0.15) is 0 Å². The van der Waals surface area contributed by atoms with Crippen molar-refractivity contribution in [2.45, 2.75) is 39.7 Å². The Kier molecular flexibility index (Phi) is 4.48. The second-order valence-corrected chi connectivity index (χ2v) is 6.58. The van der Waals surface area contributed by atoms with E-state index < -0.39 is 5.60 Å². The summed E-state index contributed by atoms with van der Waals surface area (Å²) in [6.45, 7) is 13.4. The molecule has 2 rings (SSSR count). The summed E-state index contributed by atoms with van der Waals surface area (Å²) in [6.07, 6.45) is 0.880. The fourth-order valence-corrected chi connectivity index (χ4v) is 3.66. The molecule has 5 heteroatoms.